The van der Waals surface area contributed by atoms with Crippen LogP contribution in [0.3, 0.4) is 0 Å². The van der Waals surface area contributed by atoms with Crippen LogP contribution in [0, 0.1) is 0 Å². The highest BCUT2D eigenvalue weighted by molar-refractivity contribution is 7.17. The molecule has 0 atom stereocenters. The molecule has 0 radical (unpaired) electrons. The number of carboxylic acid groups (broad SMARTS) is 1. The predicted molar refractivity (Wildman–Crippen MR) is 118 cm³/mol. The van der Waals surface area contributed by atoms with Crippen LogP contribution in [-0.2, 0) is 22.4 Å². The number of hydrogen-bond acceptors (Lipinski definition) is 9. The van der Waals surface area contributed by atoms with Crippen LogP contribution < -0.4 is 5.32 Å². The van der Waals surface area contributed by atoms with Crippen molar-refractivity contribution in [2.75, 3.05) is 18.5 Å². The second-order valence-corrected chi connectivity index (χ2v) is 9.20. The van der Waals surface area contributed by atoms with Gasteiger partial charge in [0.1, 0.15) is 10.6 Å². The monoisotopic (exact) mass is 476 g/mol. The Hall–Kier alpha value is -3.54. The average molecular weight is 477 g/mol. The van der Waals surface area contributed by atoms with E-state index in [1.807, 2.05) is 0 Å². The third-order valence-electron chi connectivity index (χ3n) is 4.53. The maximum atomic E-state index is 12.8. The zero-order valence-corrected chi connectivity index (χ0v) is 19.4. The van der Waals surface area contributed by atoms with Crippen molar-refractivity contribution in [3.05, 3.63) is 39.8 Å². The molecule has 0 saturated carbocycles. The third-order valence-corrected chi connectivity index (χ3v) is 5.66. The molecule has 2 aromatic rings. The maximum Gasteiger partial charge on any atom is 0.410 e. The molecule has 2 N–H and O–H groups in total. The van der Waals surface area contributed by atoms with E-state index in [0.717, 1.165) is 11.3 Å². The average Bonchev–Trinajstić information content (AvgIpc) is 3.09. The number of aromatic nitrogens is 2. The summed E-state index contributed by atoms with van der Waals surface area (Å²) in [6.07, 6.45) is 2.25. The van der Waals surface area contributed by atoms with Crippen LogP contribution in [0.4, 0.5) is 9.80 Å². The molecule has 0 saturated heterocycles. The molecule has 12 heteroatoms. The van der Waals surface area contributed by atoms with E-state index in [0.29, 0.717) is 23.4 Å². The standard InChI is InChI=1S/C21H24N4O7S/c1-5-31-19(29)13-11-6-9-25(20(30)32-21(2,3)4)10-12(11)33-17(13)24-16(26)14-15(18(27)28)23-8-7-22-14/h7-8H,5-6,9-10H2,1-4H3,(H,24,26)(H,27,28). The highest BCUT2D eigenvalue weighted by atomic mass is 32.1. The summed E-state index contributed by atoms with van der Waals surface area (Å²) in [7, 11) is 0. The molecule has 0 spiro atoms. The van der Waals surface area contributed by atoms with Crippen LogP contribution in [0.15, 0.2) is 12.4 Å². The van der Waals surface area contributed by atoms with E-state index >= 15 is 0 Å². The fourth-order valence-corrected chi connectivity index (χ4v) is 4.46. The second kappa shape index (κ2) is 9.53. The Morgan fingerprint density at radius 1 is 1.18 bits per heavy atom. The van der Waals surface area contributed by atoms with Crippen LogP contribution in [0.1, 0.15) is 69.5 Å². The lowest BCUT2D eigenvalue weighted by molar-refractivity contribution is 0.0226. The molecule has 33 heavy (non-hydrogen) atoms. The van der Waals surface area contributed by atoms with Gasteiger partial charge in [0.05, 0.1) is 18.7 Å². The Balaban J connectivity index is 1.93. The topological polar surface area (TPSA) is 148 Å². The van der Waals surface area contributed by atoms with E-state index in [1.165, 1.54) is 17.3 Å². The second-order valence-electron chi connectivity index (χ2n) is 8.09. The summed E-state index contributed by atoms with van der Waals surface area (Å²) in [6, 6.07) is 0. The van der Waals surface area contributed by atoms with Gasteiger partial charge in [0.2, 0.25) is 0 Å². The summed E-state index contributed by atoms with van der Waals surface area (Å²) >= 11 is 1.11. The number of rotatable bonds is 5. The smallest absolute Gasteiger partial charge is 0.410 e. The molecule has 2 aromatic heterocycles. The molecule has 1 aliphatic heterocycles. The Morgan fingerprint density at radius 3 is 2.45 bits per heavy atom. The van der Waals surface area contributed by atoms with Gasteiger partial charge >= 0.3 is 18.0 Å². The van der Waals surface area contributed by atoms with Crippen molar-refractivity contribution in [1.82, 2.24) is 14.9 Å². The third kappa shape index (κ3) is 5.45. The fourth-order valence-electron chi connectivity index (χ4n) is 3.22. The number of nitrogens with one attached hydrogen (secondary N) is 1. The lowest BCUT2D eigenvalue weighted by Gasteiger charge is -2.30. The molecule has 0 unspecified atom stereocenters. The molecule has 176 valence electrons. The minimum absolute atomic E-state index is 0.133. The van der Waals surface area contributed by atoms with Crippen molar-refractivity contribution in [3.63, 3.8) is 0 Å². The van der Waals surface area contributed by atoms with Crippen molar-refractivity contribution >= 4 is 40.3 Å². The molecule has 11 nitrogen and oxygen atoms in total. The largest absolute Gasteiger partial charge is 0.476 e. The van der Waals surface area contributed by atoms with E-state index in [1.54, 1.807) is 27.7 Å². The minimum Gasteiger partial charge on any atom is -0.476 e. The van der Waals surface area contributed by atoms with E-state index in [4.69, 9.17) is 9.47 Å². The minimum atomic E-state index is -1.41. The van der Waals surface area contributed by atoms with Crippen molar-refractivity contribution in [1.29, 1.82) is 0 Å². The van der Waals surface area contributed by atoms with Gasteiger partial charge in [-0.15, -0.1) is 11.3 Å². The number of hydrogen-bond donors (Lipinski definition) is 2. The highest BCUT2D eigenvalue weighted by Gasteiger charge is 2.33. The van der Waals surface area contributed by atoms with Gasteiger partial charge in [0.25, 0.3) is 5.91 Å². The lowest BCUT2D eigenvalue weighted by Crippen LogP contribution is -2.39. The van der Waals surface area contributed by atoms with Crippen LogP contribution in [0.5, 0.6) is 0 Å². The molecule has 0 fully saturated rings. The Bertz CT molecular complexity index is 1110. The van der Waals surface area contributed by atoms with Gasteiger partial charge < -0.3 is 24.8 Å². The summed E-state index contributed by atoms with van der Waals surface area (Å²) in [4.78, 5) is 59.1. The number of fused-ring (bicyclic) bond motifs is 1. The Labute approximate surface area is 193 Å². The van der Waals surface area contributed by atoms with Crippen molar-refractivity contribution in [3.8, 4) is 0 Å². The van der Waals surface area contributed by atoms with Crippen molar-refractivity contribution in [2.24, 2.45) is 0 Å². The number of carbonyl (C=O) groups is 4. The number of ether oxygens (including phenoxy) is 2. The molecule has 0 aliphatic carbocycles. The predicted octanol–water partition coefficient (Wildman–Crippen LogP) is 2.96. The molecular weight excluding hydrogens is 452 g/mol. The van der Waals surface area contributed by atoms with Gasteiger partial charge in [-0.2, -0.15) is 0 Å². The Morgan fingerprint density at radius 2 is 1.85 bits per heavy atom. The van der Waals surface area contributed by atoms with E-state index < -0.39 is 35.2 Å². The first kappa shape index (κ1) is 24.1. The van der Waals surface area contributed by atoms with Crippen LogP contribution in [-0.4, -0.2) is 62.7 Å². The van der Waals surface area contributed by atoms with Gasteiger partial charge in [-0.3, -0.25) is 4.79 Å². The van der Waals surface area contributed by atoms with Crippen LogP contribution in [0.25, 0.3) is 0 Å². The molecule has 0 aromatic carbocycles. The van der Waals surface area contributed by atoms with Crippen LogP contribution >= 0.6 is 11.3 Å². The highest BCUT2D eigenvalue weighted by Crippen LogP contribution is 2.38. The first-order chi connectivity index (χ1) is 15.5. The van der Waals surface area contributed by atoms with E-state index in [9.17, 15) is 24.3 Å². The molecule has 2 amide bonds. The summed E-state index contributed by atoms with van der Waals surface area (Å²) in [5.41, 5.74) is -0.687. The summed E-state index contributed by atoms with van der Waals surface area (Å²) in [6.45, 7) is 7.64. The number of esters is 1. The molecule has 1 aliphatic rings. The number of amides is 2. The quantitative estimate of drug-likeness (QED) is 0.621. The van der Waals surface area contributed by atoms with Gasteiger partial charge in [0, 0.05) is 23.8 Å². The molecular formula is C21H24N4O7S. The summed E-state index contributed by atoms with van der Waals surface area (Å²) < 4.78 is 10.6. The normalized spacial score (nSPS) is 13.2. The van der Waals surface area contributed by atoms with Gasteiger partial charge in [-0.05, 0) is 39.7 Å². The fraction of sp³-hybridized carbons (Fsp3) is 0.429. The number of aromatic carboxylic acids is 1. The SMILES string of the molecule is CCOC(=O)c1c(NC(=O)c2nccnc2C(=O)O)sc2c1CCN(C(=O)OC(C)(C)C)C2. The zero-order chi connectivity index (χ0) is 24.3. The number of anilines is 1. The van der Waals surface area contributed by atoms with E-state index in [2.05, 4.69) is 15.3 Å². The lowest BCUT2D eigenvalue weighted by atomic mass is 10.0. The Kier molecular flexibility index (Phi) is 6.96. The van der Waals surface area contributed by atoms with Gasteiger partial charge in [0.15, 0.2) is 11.4 Å². The van der Waals surface area contributed by atoms with Gasteiger partial charge in [-0.1, -0.05) is 0 Å². The first-order valence-corrected chi connectivity index (χ1v) is 11.0. The summed E-state index contributed by atoms with van der Waals surface area (Å²) in [5.74, 6) is -2.85. The van der Waals surface area contributed by atoms with E-state index in [-0.39, 0.29) is 29.4 Å². The van der Waals surface area contributed by atoms with Crippen LogP contribution in [0.2, 0.25) is 0 Å². The molecule has 3 heterocycles. The zero-order valence-electron chi connectivity index (χ0n) is 18.6. The van der Waals surface area contributed by atoms with Crippen molar-refractivity contribution in [2.45, 2.75) is 46.3 Å². The van der Waals surface area contributed by atoms with Gasteiger partial charge in [-0.25, -0.2) is 24.4 Å². The number of carboxylic acids is 1. The number of nitrogens with zero attached hydrogens (tertiary/aromatic N) is 3. The number of thiophene rings is 1. The van der Waals surface area contributed by atoms with Crippen molar-refractivity contribution < 1.29 is 33.8 Å². The molecule has 3 rings (SSSR count). The summed E-state index contributed by atoms with van der Waals surface area (Å²) in [5, 5.41) is 12.1. The number of carbonyl (C=O) groups excluding carboxylic acids is 3. The molecule has 0 bridgehead atoms. The maximum absolute atomic E-state index is 12.8. The first-order valence-electron chi connectivity index (χ1n) is 10.2.